The number of nitrogens with zero attached hydrogens (tertiary/aromatic N) is 5. The topological polar surface area (TPSA) is 150 Å². The maximum absolute atomic E-state index is 14.3. The average molecular weight is 707 g/mol. The van der Waals surface area contributed by atoms with Gasteiger partial charge in [-0.05, 0) is 60.7 Å². The highest BCUT2D eigenvalue weighted by Crippen LogP contribution is 2.33. The molecular formula is C35H27Cl2F2N5O5. The zero-order chi connectivity index (χ0) is 35.2. The molecule has 6 rings (SSSR count). The summed E-state index contributed by atoms with van der Waals surface area (Å²) in [5.41, 5.74) is 2.22. The van der Waals surface area contributed by atoms with Crippen LogP contribution in [0.25, 0.3) is 0 Å². The van der Waals surface area contributed by atoms with Gasteiger partial charge in [0.1, 0.15) is 11.6 Å². The first-order valence-electron chi connectivity index (χ1n) is 14.8. The number of β-amino-alcohol motifs (C(OH)–C–C–N with tert-alkyl or cyclic N) is 1. The van der Waals surface area contributed by atoms with Crippen molar-refractivity contribution in [2.75, 3.05) is 29.5 Å². The fourth-order valence-electron chi connectivity index (χ4n) is 5.34. The molecule has 4 aromatic carbocycles. The predicted molar refractivity (Wildman–Crippen MR) is 181 cm³/mol. The Bertz CT molecular complexity index is 2020. The van der Waals surface area contributed by atoms with E-state index in [4.69, 9.17) is 28.5 Å². The second-order valence-electron chi connectivity index (χ2n) is 10.6. The zero-order valence-electron chi connectivity index (χ0n) is 25.5. The SMILES string of the molecule is N#CCCN1C(=O)C(O)N=C(c2ccccc2F)c2cc(Cl)ccc21.O=C1C(O)N=C(c2ccccc2F)c2cc(Cl)ccc2N1CCO. The number of aliphatic hydroxyl groups is 3. The van der Waals surface area contributed by atoms with Crippen LogP contribution in [-0.4, -0.2) is 70.7 Å². The first kappa shape index (κ1) is 35.3. The van der Waals surface area contributed by atoms with Gasteiger partial charge in [0, 0.05) is 45.4 Å². The van der Waals surface area contributed by atoms with Crippen molar-refractivity contribution in [3.8, 4) is 6.07 Å². The molecule has 2 aliphatic rings. The summed E-state index contributed by atoms with van der Waals surface area (Å²) in [6.45, 7) is -0.235. The number of anilines is 2. The molecule has 0 fully saturated rings. The Hall–Kier alpha value is -5.03. The van der Waals surface area contributed by atoms with Crippen molar-refractivity contribution in [3.05, 3.63) is 129 Å². The largest absolute Gasteiger partial charge is 0.395 e. The number of fused-ring (bicyclic) bond motifs is 2. The van der Waals surface area contributed by atoms with E-state index in [-0.39, 0.29) is 48.7 Å². The van der Waals surface area contributed by atoms with E-state index in [0.29, 0.717) is 32.5 Å². The van der Waals surface area contributed by atoms with Gasteiger partial charge in [-0.2, -0.15) is 5.26 Å². The van der Waals surface area contributed by atoms with Gasteiger partial charge in [0.25, 0.3) is 11.8 Å². The van der Waals surface area contributed by atoms with Gasteiger partial charge in [-0.25, -0.2) is 18.8 Å². The first-order chi connectivity index (χ1) is 23.5. The summed E-state index contributed by atoms with van der Waals surface area (Å²) >= 11 is 12.1. The minimum absolute atomic E-state index is 0.0232. The van der Waals surface area contributed by atoms with E-state index >= 15 is 0 Å². The van der Waals surface area contributed by atoms with Crippen LogP contribution < -0.4 is 9.80 Å². The van der Waals surface area contributed by atoms with E-state index < -0.39 is 35.9 Å². The molecule has 2 unspecified atom stereocenters. The van der Waals surface area contributed by atoms with Gasteiger partial charge in [0.15, 0.2) is 0 Å². The molecule has 3 N–H and O–H groups in total. The minimum Gasteiger partial charge on any atom is -0.395 e. The summed E-state index contributed by atoms with van der Waals surface area (Å²) < 4.78 is 28.5. The van der Waals surface area contributed by atoms with Crippen molar-refractivity contribution < 1.29 is 33.7 Å². The van der Waals surface area contributed by atoms with Crippen LogP contribution in [0.2, 0.25) is 10.0 Å². The van der Waals surface area contributed by atoms with Crippen LogP contribution in [0.15, 0.2) is 94.9 Å². The molecule has 2 heterocycles. The van der Waals surface area contributed by atoms with E-state index in [9.17, 15) is 33.7 Å². The van der Waals surface area contributed by atoms with Gasteiger partial charge in [0.05, 0.1) is 41.9 Å². The number of aliphatic hydroxyl groups excluding tert-OH is 3. The maximum atomic E-state index is 14.3. The van der Waals surface area contributed by atoms with Crippen molar-refractivity contribution in [2.24, 2.45) is 9.98 Å². The number of halogens is 4. The summed E-state index contributed by atoms with van der Waals surface area (Å²) in [5.74, 6) is -2.43. The summed E-state index contributed by atoms with van der Waals surface area (Å²) in [6.07, 6.45) is -3.31. The van der Waals surface area contributed by atoms with Crippen LogP contribution in [0.3, 0.4) is 0 Å². The lowest BCUT2D eigenvalue weighted by Crippen LogP contribution is -2.39. The maximum Gasteiger partial charge on any atom is 0.278 e. The van der Waals surface area contributed by atoms with Crippen molar-refractivity contribution in [3.63, 3.8) is 0 Å². The molecule has 0 aliphatic carbocycles. The van der Waals surface area contributed by atoms with Crippen molar-refractivity contribution >= 4 is 57.8 Å². The lowest BCUT2D eigenvalue weighted by Gasteiger charge is -2.23. The fraction of sp³-hybridized carbons (Fsp3) is 0.171. The number of nitriles is 1. The number of hydrogen-bond donors (Lipinski definition) is 3. The standard InChI is InChI=1S/C18H13ClFN3O2.C17H14ClFN2O3/c19-11-6-7-15-13(10-11)16(12-4-1-2-5-14(12)20)22-17(24)18(25)23(15)9-3-8-21;18-10-5-6-14-12(9-10)15(11-3-1-2-4-13(11)19)20-16(23)17(24)21(14)7-8-22/h1-2,4-7,10,17,24H,3,9H2;1-6,9,16,22-23H,7-8H2. The first-order valence-corrected chi connectivity index (χ1v) is 15.5. The van der Waals surface area contributed by atoms with Gasteiger partial charge < -0.3 is 25.1 Å². The number of carbonyl (C=O) groups is 2. The molecule has 14 heteroatoms. The Balaban J connectivity index is 0.000000191. The molecule has 0 radical (unpaired) electrons. The monoisotopic (exact) mass is 705 g/mol. The highest BCUT2D eigenvalue weighted by molar-refractivity contribution is 6.32. The van der Waals surface area contributed by atoms with Gasteiger partial charge in [-0.15, -0.1) is 0 Å². The molecule has 2 aliphatic heterocycles. The number of amides is 2. The third kappa shape index (κ3) is 7.51. The van der Waals surface area contributed by atoms with E-state index in [1.54, 1.807) is 48.5 Å². The molecule has 0 spiro atoms. The number of benzodiazepines with no additional fused rings is 2. The molecule has 0 bridgehead atoms. The number of benzene rings is 4. The summed E-state index contributed by atoms with van der Waals surface area (Å²) in [4.78, 5) is 35.4. The fourth-order valence-corrected chi connectivity index (χ4v) is 5.68. The number of aliphatic imine (C=N–C) groups is 2. The minimum atomic E-state index is -1.70. The molecule has 0 saturated carbocycles. The Morgan fingerprint density at radius 3 is 1.53 bits per heavy atom. The van der Waals surface area contributed by atoms with Crippen LogP contribution in [0.5, 0.6) is 0 Å². The van der Waals surface area contributed by atoms with Crippen LogP contribution in [-0.2, 0) is 9.59 Å². The van der Waals surface area contributed by atoms with Crippen molar-refractivity contribution in [1.82, 2.24) is 0 Å². The van der Waals surface area contributed by atoms with Crippen molar-refractivity contribution in [1.29, 1.82) is 5.26 Å². The van der Waals surface area contributed by atoms with E-state index in [0.717, 1.165) is 0 Å². The lowest BCUT2D eigenvalue weighted by atomic mass is 9.99. The molecule has 250 valence electrons. The molecular weight excluding hydrogens is 679 g/mol. The number of carbonyl (C=O) groups excluding carboxylic acids is 2. The zero-order valence-corrected chi connectivity index (χ0v) is 27.0. The molecule has 4 aromatic rings. The Morgan fingerprint density at radius 1 is 0.694 bits per heavy atom. The predicted octanol–water partition coefficient (Wildman–Crippen LogP) is 4.87. The van der Waals surface area contributed by atoms with Gasteiger partial charge in [-0.1, -0.05) is 47.5 Å². The smallest absolute Gasteiger partial charge is 0.278 e. The average Bonchev–Trinajstić information content (AvgIpc) is 3.25. The Morgan fingerprint density at radius 2 is 1.12 bits per heavy atom. The Labute approximate surface area is 289 Å². The van der Waals surface area contributed by atoms with E-state index in [1.807, 2.05) is 6.07 Å². The normalized spacial score (nSPS) is 17.0. The number of hydrogen-bond acceptors (Lipinski definition) is 8. The second kappa shape index (κ2) is 15.5. The molecule has 2 amide bonds. The summed E-state index contributed by atoms with van der Waals surface area (Å²) in [5, 5.41) is 39.1. The third-order valence-electron chi connectivity index (χ3n) is 7.51. The molecule has 10 nitrogen and oxygen atoms in total. The summed E-state index contributed by atoms with van der Waals surface area (Å²) in [6, 6.07) is 23.3. The summed E-state index contributed by atoms with van der Waals surface area (Å²) in [7, 11) is 0. The molecule has 2 atom stereocenters. The highest BCUT2D eigenvalue weighted by Gasteiger charge is 2.33. The Kier molecular flexibility index (Phi) is 11.1. The van der Waals surface area contributed by atoms with Gasteiger partial charge in [0.2, 0.25) is 12.5 Å². The third-order valence-corrected chi connectivity index (χ3v) is 7.98. The number of rotatable bonds is 6. The highest BCUT2D eigenvalue weighted by atomic mass is 35.5. The lowest BCUT2D eigenvalue weighted by molar-refractivity contribution is -0.126. The van der Waals surface area contributed by atoms with Gasteiger partial charge >= 0.3 is 0 Å². The molecule has 0 saturated heterocycles. The van der Waals surface area contributed by atoms with Crippen LogP contribution in [0.1, 0.15) is 28.7 Å². The van der Waals surface area contributed by atoms with E-state index in [2.05, 4.69) is 9.98 Å². The molecule has 0 aromatic heterocycles. The van der Waals surface area contributed by atoms with Crippen LogP contribution in [0.4, 0.5) is 20.2 Å². The quantitative estimate of drug-likeness (QED) is 0.261. The van der Waals surface area contributed by atoms with Crippen molar-refractivity contribution in [2.45, 2.75) is 18.9 Å². The second-order valence-corrected chi connectivity index (χ2v) is 11.5. The van der Waals surface area contributed by atoms with Crippen LogP contribution >= 0.6 is 23.2 Å². The van der Waals surface area contributed by atoms with Crippen LogP contribution in [0, 0.1) is 23.0 Å². The van der Waals surface area contributed by atoms with Gasteiger partial charge in [-0.3, -0.25) is 9.59 Å². The van der Waals surface area contributed by atoms with E-state index in [1.165, 1.54) is 46.2 Å². The molecule has 49 heavy (non-hydrogen) atoms.